The van der Waals surface area contributed by atoms with Gasteiger partial charge in [0.2, 0.25) is 5.91 Å². The van der Waals surface area contributed by atoms with Crippen molar-refractivity contribution in [1.82, 2.24) is 5.32 Å². The van der Waals surface area contributed by atoms with E-state index in [1.165, 1.54) is 0 Å². The van der Waals surface area contributed by atoms with Crippen molar-refractivity contribution >= 4 is 5.91 Å². The molecule has 1 aromatic carbocycles. The van der Waals surface area contributed by atoms with E-state index < -0.39 is 0 Å². The summed E-state index contributed by atoms with van der Waals surface area (Å²) in [6.07, 6.45) is 2.74. The Morgan fingerprint density at radius 2 is 2.05 bits per heavy atom. The van der Waals surface area contributed by atoms with Crippen molar-refractivity contribution in [2.24, 2.45) is 5.73 Å². The second-order valence-corrected chi connectivity index (χ2v) is 5.01. The second kappa shape index (κ2) is 8.67. The molecule has 1 rings (SSSR count). The molecule has 0 aliphatic rings. The molecule has 0 bridgehead atoms. The molecule has 4 heteroatoms. The summed E-state index contributed by atoms with van der Waals surface area (Å²) in [6.45, 7) is 1.89. The molecule has 19 heavy (non-hydrogen) atoms. The largest absolute Gasteiger partial charge is 0.394 e. The third-order valence-electron chi connectivity index (χ3n) is 2.97. The van der Waals surface area contributed by atoms with Gasteiger partial charge in [0.25, 0.3) is 0 Å². The third kappa shape index (κ3) is 6.94. The number of rotatable bonds is 8. The van der Waals surface area contributed by atoms with Gasteiger partial charge in [-0.25, -0.2) is 0 Å². The Morgan fingerprint density at radius 1 is 1.37 bits per heavy atom. The molecule has 0 aromatic heterocycles. The minimum atomic E-state index is -0.217. The summed E-state index contributed by atoms with van der Waals surface area (Å²) in [6, 6.07) is 9.75. The first-order chi connectivity index (χ1) is 9.11. The van der Waals surface area contributed by atoms with Crippen molar-refractivity contribution in [2.45, 2.75) is 44.7 Å². The number of nitrogens with two attached hydrogens (primary N) is 1. The van der Waals surface area contributed by atoms with Crippen LogP contribution in [-0.2, 0) is 11.2 Å². The minimum absolute atomic E-state index is 0.0179. The van der Waals surface area contributed by atoms with Crippen LogP contribution in [0.4, 0.5) is 0 Å². The van der Waals surface area contributed by atoms with Crippen LogP contribution in [0.3, 0.4) is 0 Å². The van der Waals surface area contributed by atoms with Gasteiger partial charge in [-0.3, -0.25) is 4.79 Å². The van der Waals surface area contributed by atoms with E-state index in [0.717, 1.165) is 18.4 Å². The summed E-state index contributed by atoms with van der Waals surface area (Å²) in [4.78, 5) is 11.7. The Labute approximate surface area is 115 Å². The molecule has 1 unspecified atom stereocenters. The van der Waals surface area contributed by atoms with Crippen molar-refractivity contribution in [2.75, 3.05) is 6.61 Å². The van der Waals surface area contributed by atoms with Crippen LogP contribution in [0.25, 0.3) is 0 Å². The molecule has 0 aliphatic heterocycles. The third-order valence-corrected chi connectivity index (χ3v) is 2.97. The highest BCUT2D eigenvalue weighted by Crippen LogP contribution is 2.04. The molecule has 0 saturated carbocycles. The van der Waals surface area contributed by atoms with Gasteiger partial charge in [-0.2, -0.15) is 0 Å². The first-order valence-corrected chi connectivity index (χ1v) is 6.81. The fourth-order valence-electron chi connectivity index (χ4n) is 1.94. The normalized spacial score (nSPS) is 13.8. The highest BCUT2D eigenvalue weighted by molar-refractivity contribution is 5.76. The molecule has 4 nitrogen and oxygen atoms in total. The van der Waals surface area contributed by atoms with Crippen molar-refractivity contribution in [3.8, 4) is 0 Å². The number of amides is 1. The summed E-state index contributed by atoms with van der Waals surface area (Å²) in [7, 11) is 0. The molecule has 1 amide bonds. The quantitative estimate of drug-likeness (QED) is 0.661. The lowest BCUT2D eigenvalue weighted by atomic mass is 10.1. The number of nitrogens with one attached hydrogen (secondary N) is 1. The molecule has 1 aromatic rings. The summed E-state index contributed by atoms with van der Waals surface area (Å²) in [5.74, 6) is -0.0179. The second-order valence-electron chi connectivity index (χ2n) is 5.01. The van der Waals surface area contributed by atoms with Crippen LogP contribution < -0.4 is 11.1 Å². The molecule has 4 N–H and O–H groups in total. The van der Waals surface area contributed by atoms with E-state index in [9.17, 15) is 9.90 Å². The number of hydrogen-bond acceptors (Lipinski definition) is 3. The molecule has 0 spiro atoms. The maximum Gasteiger partial charge on any atom is 0.220 e. The van der Waals surface area contributed by atoms with Crippen LogP contribution in [0, 0.1) is 0 Å². The number of hydrogen-bond donors (Lipinski definition) is 3. The van der Waals surface area contributed by atoms with Crippen molar-refractivity contribution in [3.63, 3.8) is 0 Å². The zero-order chi connectivity index (χ0) is 14.1. The number of aliphatic hydroxyl groups is 1. The van der Waals surface area contributed by atoms with Gasteiger partial charge in [0.15, 0.2) is 0 Å². The highest BCUT2D eigenvalue weighted by atomic mass is 16.3. The Balaban J connectivity index is 2.33. The van der Waals surface area contributed by atoms with Crippen molar-refractivity contribution in [3.05, 3.63) is 35.9 Å². The summed E-state index contributed by atoms with van der Waals surface area (Å²) in [5.41, 5.74) is 6.75. The summed E-state index contributed by atoms with van der Waals surface area (Å²) < 4.78 is 0. The van der Waals surface area contributed by atoms with Gasteiger partial charge in [-0.05, 0) is 31.7 Å². The van der Waals surface area contributed by atoms with E-state index >= 15 is 0 Å². The van der Waals surface area contributed by atoms with Gasteiger partial charge in [0.1, 0.15) is 0 Å². The zero-order valence-corrected chi connectivity index (χ0v) is 11.5. The van der Waals surface area contributed by atoms with Gasteiger partial charge < -0.3 is 16.2 Å². The van der Waals surface area contributed by atoms with E-state index in [0.29, 0.717) is 12.8 Å². The number of aliphatic hydroxyl groups excluding tert-OH is 1. The molecule has 0 saturated heterocycles. The molecule has 0 fully saturated rings. The molecular formula is C15H24N2O2. The molecule has 106 valence electrons. The molecular weight excluding hydrogens is 240 g/mol. The van der Waals surface area contributed by atoms with Crippen LogP contribution in [0.1, 0.15) is 31.7 Å². The molecule has 0 radical (unpaired) electrons. The molecule has 0 aliphatic carbocycles. The lowest BCUT2D eigenvalue weighted by molar-refractivity contribution is -0.122. The lowest BCUT2D eigenvalue weighted by Gasteiger charge is -2.16. The van der Waals surface area contributed by atoms with Crippen molar-refractivity contribution < 1.29 is 9.90 Å². The topological polar surface area (TPSA) is 75.4 Å². The van der Waals surface area contributed by atoms with Crippen LogP contribution in [0.5, 0.6) is 0 Å². The van der Waals surface area contributed by atoms with Crippen LogP contribution in [0.2, 0.25) is 0 Å². The number of carbonyl (C=O) groups excluding carboxylic acids is 1. The first-order valence-electron chi connectivity index (χ1n) is 6.81. The van der Waals surface area contributed by atoms with E-state index in [4.69, 9.17) is 5.73 Å². The van der Waals surface area contributed by atoms with Gasteiger partial charge >= 0.3 is 0 Å². The molecule has 2 atom stereocenters. The predicted octanol–water partition coefficient (Wildman–Crippen LogP) is 1.22. The van der Waals surface area contributed by atoms with Crippen LogP contribution in [-0.4, -0.2) is 29.7 Å². The Hall–Kier alpha value is -1.39. The average molecular weight is 264 g/mol. The van der Waals surface area contributed by atoms with Crippen molar-refractivity contribution in [1.29, 1.82) is 0 Å². The van der Waals surface area contributed by atoms with E-state index in [-0.39, 0.29) is 24.6 Å². The SMILES string of the molecule is CC(N)CCCC(=O)N[C@H](CO)Cc1ccccc1. The molecule has 0 heterocycles. The minimum Gasteiger partial charge on any atom is -0.394 e. The monoisotopic (exact) mass is 264 g/mol. The zero-order valence-electron chi connectivity index (χ0n) is 11.5. The van der Waals surface area contributed by atoms with Crippen LogP contribution in [0.15, 0.2) is 30.3 Å². The number of benzene rings is 1. The maximum atomic E-state index is 11.7. The summed E-state index contributed by atoms with van der Waals surface area (Å²) in [5, 5.41) is 12.2. The maximum absolute atomic E-state index is 11.7. The Morgan fingerprint density at radius 3 is 2.63 bits per heavy atom. The summed E-state index contributed by atoms with van der Waals surface area (Å²) >= 11 is 0. The van der Waals surface area contributed by atoms with Gasteiger partial charge in [0, 0.05) is 12.5 Å². The lowest BCUT2D eigenvalue weighted by Crippen LogP contribution is -2.39. The van der Waals surface area contributed by atoms with Gasteiger partial charge in [-0.1, -0.05) is 30.3 Å². The predicted molar refractivity (Wildman–Crippen MR) is 76.7 cm³/mol. The van der Waals surface area contributed by atoms with Gasteiger partial charge in [0.05, 0.1) is 12.6 Å². The highest BCUT2D eigenvalue weighted by Gasteiger charge is 2.11. The van der Waals surface area contributed by atoms with Gasteiger partial charge in [-0.15, -0.1) is 0 Å². The van der Waals surface area contributed by atoms with Crippen LogP contribution >= 0.6 is 0 Å². The average Bonchev–Trinajstić information content (AvgIpc) is 2.38. The Kier molecular flexibility index (Phi) is 7.15. The fourth-order valence-corrected chi connectivity index (χ4v) is 1.94. The Bertz CT molecular complexity index is 366. The van der Waals surface area contributed by atoms with E-state index in [2.05, 4.69) is 5.32 Å². The smallest absolute Gasteiger partial charge is 0.220 e. The first kappa shape index (κ1) is 15.7. The number of carbonyl (C=O) groups is 1. The van der Waals surface area contributed by atoms with E-state index in [1.54, 1.807) is 0 Å². The fraction of sp³-hybridized carbons (Fsp3) is 0.533. The van der Waals surface area contributed by atoms with E-state index in [1.807, 2.05) is 37.3 Å². The standard InChI is InChI=1S/C15H24N2O2/c1-12(16)6-5-9-15(19)17-14(11-18)10-13-7-3-2-4-8-13/h2-4,7-8,12,14,18H,5-6,9-11,16H2,1H3,(H,17,19)/t12?,14-/m0/s1.